The smallest absolute Gasteiger partial charge is 0.387 e. The van der Waals surface area contributed by atoms with Gasteiger partial charge in [0.15, 0.2) is 0 Å². The van der Waals surface area contributed by atoms with E-state index in [0.29, 0.717) is 79.6 Å². The van der Waals surface area contributed by atoms with Crippen molar-refractivity contribution in [2.75, 3.05) is 42.4 Å². The molecule has 1 aromatic carbocycles. The highest BCUT2D eigenvalue weighted by Gasteiger charge is 2.30. The molecule has 4 heterocycles. The molecule has 2 aliphatic rings. The maximum Gasteiger partial charge on any atom is 0.387 e. The molecule has 2 unspecified atom stereocenters. The Bertz CT molecular complexity index is 2500. The van der Waals surface area contributed by atoms with E-state index in [9.17, 15) is 35.2 Å². The topological polar surface area (TPSA) is 231 Å². The number of carbonyl (C=O) groups excluding carboxylic acids is 2. The van der Waals surface area contributed by atoms with Crippen LogP contribution in [-0.2, 0) is 54.9 Å². The molecule has 16 nitrogen and oxygen atoms in total. The second-order valence-electron chi connectivity index (χ2n) is 14.5. The number of alkyl halides is 2. The van der Waals surface area contributed by atoms with Gasteiger partial charge in [-0.2, -0.15) is 8.78 Å². The lowest BCUT2D eigenvalue weighted by Crippen LogP contribution is -2.35. The minimum absolute atomic E-state index is 0.0339. The maximum absolute atomic E-state index is 12.7. The van der Waals surface area contributed by atoms with Crippen molar-refractivity contribution in [1.82, 2.24) is 40.5 Å². The first-order valence-electron chi connectivity index (χ1n) is 18.6. The van der Waals surface area contributed by atoms with Crippen LogP contribution in [0.15, 0.2) is 36.9 Å². The van der Waals surface area contributed by atoms with Crippen molar-refractivity contribution in [2.45, 2.75) is 58.0 Å². The molecule has 21 heteroatoms. The molecule has 4 aromatic heterocycles. The van der Waals surface area contributed by atoms with Gasteiger partial charge >= 0.3 is 6.61 Å². The molecule has 0 bridgehead atoms. The molecule has 5 aromatic rings. The largest absolute Gasteiger partial charge is 0.435 e. The summed E-state index contributed by atoms with van der Waals surface area (Å²) in [5.74, 6) is 0.168. The van der Waals surface area contributed by atoms with E-state index >= 15 is 0 Å². The minimum atomic E-state index is -3.06. The van der Waals surface area contributed by atoms with Crippen molar-refractivity contribution in [3.63, 3.8) is 0 Å². The second kappa shape index (κ2) is 18.3. The minimum Gasteiger partial charge on any atom is -0.435 e. The van der Waals surface area contributed by atoms with Crippen LogP contribution < -0.4 is 20.7 Å². The van der Waals surface area contributed by atoms with E-state index in [0.717, 1.165) is 46.1 Å². The number of hydrogen-bond donors (Lipinski definition) is 5. The van der Waals surface area contributed by atoms with Crippen molar-refractivity contribution in [1.29, 1.82) is 0 Å². The molecule has 0 fully saturated rings. The molecular formula is C37H44ClF2N9O7S2. The van der Waals surface area contributed by atoms with Gasteiger partial charge in [0, 0.05) is 54.5 Å². The number of fused-ring (bicyclic) bond motifs is 6. The predicted octanol–water partition coefficient (Wildman–Crippen LogP) is 4.23. The monoisotopic (exact) mass is 863 g/mol. The van der Waals surface area contributed by atoms with Crippen molar-refractivity contribution in [2.24, 2.45) is 11.8 Å². The van der Waals surface area contributed by atoms with Gasteiger partial charge in [0.2, 0.25) is 11.8 Å². The van der Waals surface area contributed by atoms with Crippen LogP contribution in [0.3, 0.4) is 0 Å². The van der Waals surface area contributed by atoms with Gasteiger partial charge in [0.25, 0.3) is 0 Å². The lowest BCUT2D eigenvalue weighted by molar-refractivity contribution is -0.126. The summed E-state index contributed by atoms with van der Waals surface area (Å²) in [6.07, 6.45) is 9.92. The number of anilines is 2. The first-order chi connectivity index (χ1) is 27.5. The van der Waals surface area contributed by atoms with Gasteiger partial charge in [-0.15, -0.1) is 0 Å². The number of benzene rings is 1. The van der Waals surface area contributed by atoms with Crippen LogP contribution in [0.25, 0.3) is 22.1 Å². The molecule has 58 heavy (non-hydrogen) atoms. The average Bonchev–Trinajstić information content (AvgIpc) is 3.74. The van der Waals surface area contributed by atoms with Crippen LogP contribution in [0.2, 0.25) is 5.15 Å². The number of rotatable bonds is 14. The molecular weight excluding hydrogens is 820 g/mol. The van der Waals surface area contributed by atoms with Gasteiger partial charge in [-0.25, -0.2) is 36.8 Å². The highest BCUT2D eigenvalue weighted by Crippen LogP contribution is 2.36. The Labute approximate surface area is 338 Å². The summed E-state index contributed by atoms with van der Waals surface area (Å²) in [4.78, 5) is 48.5. The number of nitrogens with zero attached hydrogens (tertiary/aromatic N) is 4. The van der Waals surface area contributed by atoms with E-state index < -0.39 is 26.3 Å². The first kappa shape index (κ1) is 42.7. The molecule has 0 radical (unpaired) electrons. The van der Waals surface area contributed by atoms with E-state index in [1.165, 1.54) is 37.3 Å². The molecule has 312 valence electrons. The van der Waals surface area contributed by atoms with E-state index in [1.807, 2.05) is 0 Å². The fourth-order valence-electron chi connectivity index (χ4n) is 7.22. The third-order valence-corrected chi connectivity index (χ3v) is 12.3. The SMILES string of the molecule is CS(=O)(=O)CCCNC(=O)C1CCc2[nH]c3ncnc(Cl)c3c2C1.CS(=O)(=O)CCCNC(=O)C1CCc2[nH]c3ncnc(Nc4ccc(OC(F)F)cc4)c3c2C1. The summed E-state index contributed by atoms with van der Waals surface area (Å²) in [6.45, 7) is -2.21. The third kappa shape index (κ3) is 11.2. The fraction of sp³-hybridized carbons (Fsp3) is 0.459. The van der Waals surface area contributed by atoms with Crippen LogP contribution in [0.5, 0.6) is 5.75 Å². The van der Waals surface area contributed by atoms with Crippen LogP contribution in [-0.4, -0.2) is 102 Å². The van der Waals surface area contributed by atoms with Crippen LogP contribution in [0.1, 0.15) is 48.2 Å². The highest BCUT2D eigenvalue weighted by atomic mass is 35.5. The Morgan fingerprint density at radius 2 is 1.29 bits per heavy atom. The molecule has 0 spiro atoms. The van der Waals surface area contributed by atoms with Gasteiger partial charge in [-0.1, -0.05) is 11.6 Å². The molecule has 0 aliphatic heterocycles. The number of aryl methyl sites for hydroxylation is 2. The van der Waals surface area contributed by atoms with E-state index in [-0.39, 0.29) is 40.9 Å². The lowest BCUT2D eigenvalue weighted by Gasteiger charge is -2.22. The number of sulfone groups is 2. The fourth-order valence-corrected chi connectivity index (χ4v) is 8.81. The molecule has 5 N–H and O–H groups in total. The summed E-state index contributed by atoms with van der Waals surface area (Å²) < 4.78 is 73.9. The number of H-pyrrole nitrogens is 2. The lowest BCUT2D eigenvalue weighted by atomic mass is 9.86. The number of aromatic amines is 2. The maximum atomic E-state index is 12.7. The summed E-state index contributed by atoms with van der Waals surface area (Å²) in [5, 5.41) is 10.8. The number of carbonyl (C=O) groups is 2. The van der Waals surface area contributed by atoms with Gasteiger partial charge < -0.3 is 30.7 Å². The Kier molecular flexibility index (Phi) is 13.5. The molecule has 7 rings (SSSR count). The highest BCUT2D eigenvalue weighted by molar-refractivity contribution is 7.90. The number of halogens is 3. The van der Waals surface area contributed by atoms with Crippen LogP contribution >= 0.6 is 11.6 Å². The van der Waals surface area contributed by atoms with Gasteiger partial charge in [0.1, 0.15) is 60.3 Å². The Morgan fingerprint density at radius 1 is 0.793 bits per heavy atom. The summed E-state index contributed by atoms with van der Waals surface area (Å²) in [5.41, 5.74) is 6.02. The van der Waals surface area contributed by atoms with Crippen molar-refractivity contribution < 1.29 is 39.9 Å². The zero-order valence-electron chi connectivity index (χ0n) is 31.8. The molecule has 2 aliphatic carbocycles. The molecule has 0 saturated carbocycles. The van der Waals surface area contributed by atoms with Gasteiger partial charge in [0.05, 0.1) is 22.3 Å². The van der Waals surface area contributed by atoms with E-state index in [4.69, 9.17) is 11.6 Å². The number of hydrogen-bond acceptors (Lipinski definition) is 12. The quantitative estimate of drug-likeness (QED) is 0.0781. The van der Waals surface area contributed by atoms with E-state index in [2.05, 4.69) is 50.6 Å². The normalized spacial score (nSPS) is 16.6. The second-order valence-corrected chi connectivity index (χ2v) is 19.3. The molecule has 2 atom stereocenters. The van der Waals surface area contributed by atoms with Gasteiger partial charge in [-0.05, 0) is 86.8 Å². The zero-order valence-corrected chi connectivity index (χ0v) is 34.2. The number of nitrogens with one attached hydrogen (secondary N) is 5. The molecule has 2 amide bonds. The van der Waals surface area contributed by atoms with Crippen LogP contribution in [0.4, 0.5) is 20.3 Å². The Hall–Kier alpha value is -4.95. The Morgan fingerprint density at radius 3 is 1.81 bits per heavy atom. The van der Waals surface area contributed by atoms with Gasteiger partial charge in [-0.3, -0.25) is 9.59 Å². The van der Waals surface area contributed by atoms with Crippen LogP contribution in [0, 0.1) is 11.8 Å². The number of amides is 2. The van der Waals surface area contributed by atoms with Crippen molar-refractivity contribution >= 4 is 76.7 Å². The summed E-state index contributed by atoms with van der Waals surface area (Å²) >= 11 is 6.18. The van der Waals surface area contributed by atoms with Crippen molar-refractivity contribution in [3.8, 4) is 5.75 Å². The molecule has 0 saturated heterocycles. The number of ether oxygens (including phenoxy) is 1. The van der Waals surface area contributed by atoms with Crippen molar-refractivity contribution in [3.05, 3.63) is 64.6 Å². The third-order valence-electron chi connectivity index (χ3n) is 9.97. The summed E-state index contributed by atoms with van der Waals surface area (Å²) in [6, 6.07) is 6.09. The average molecular weight is 864 g/mol. The predicted molar refractivity (Wildman–Crippen MR) is 215 cm³/mol. The standard InChI is InChI=1S/C22H25F2N5O4S.C15H19ClN4O3S/c1-34(31,32)10-2-9-25-21(30)13-3-8-17-16(11-13)18-19(26-12-27-20(18)29-17)28-14-4-6-15(7-5-14)33-22(23)24;1-24(22,23)6-2-5-17-15(21)9-3-4-11-10(7-9)12-13(16)18-8-19-14(12)20-11/h4-7,12-13,22H,2-3,8-11H2,1H3,(H,25,30)(H2,26,27,28,29);8-9H,2-7H2,1H3,(H,17,21)(H,18,19,20). The Balaban J connectivity index is 0.000000208. The first-order valence-corrected chi connectivity index (χ1v) is 23.1. The van der Waals surface area contributed by atoms with E-state index in [1.54, 1.807) is 12.1 Å². The zero-order chi connectivity index (χ0) is 41.6. The summed E-state index contributed by atoms with van der Waals surface area (Å²) in [7, 11) is -6.05. The number of aromatic nitrogens is 6.